The van der Waals surface area contributed by atoms with Gasteiger partial charge in [-0.3, -0.25) is 4.79 Å². The SMILES string of the molecule is Nc1nccnc1C(=O)N[C@H]1CCCc2nc(-c3ccccc3)ncc21. The van der Waals surface area contributed by atoms with Gasteiger partial charge in [0.25, 0.3) is 5.91 Å². The van der Waals surface area contributed by atoms with Crippen molar-refractivity contribution in [3.63, 3.8) is 0 Å². The topological polar surface area (TPSA) is 107 Å². The van der Waals surface area contributed by atoms with Crippen LogP contribution in [-0.2, 0) is 6.42 Å². The highest BCUT2D eigenvalue weighted by Crippen LogP contribution is 2.29. The molecule has 0 fully saturated rings. The van der Waals surface area contributed by atoms with E-state index in [1.165, 1.54) is 12.4 Å². The first-order chi connectivity index (χ1) is 12.7. The van der Waals surface area contributed by atoms with Gasteiger partial charge in [-0.15, -0.1) is 0 Å². The van der Waals surface area contributed by atoms with Crippen molar-refractivity contribution in [2.75, 3.05) is 5.73 Å². The van der Waals surface area contributed by atoms with Crippen molar-refractivity contribution in [3.8, 4) is 11.4 Å². The molecule has 2 heterocycles. The average Bonchev–Trinajstić information content (AvgIpc) is 2.69. The molecule has 26 heavy (non-hydrogen) atoms. The van der Waals surface area contributed by atoms with E-state index in [-0.39, 0.29) is 23.5 Å². The molecule has 0 saturated carbocycles. The summed E-state index contributed by atoms with van der Waals surface area (Å²) in [6, 6.07) is 9.71. The lowest BCUT2D eigenvalue weighted by Crippen LogP contribution is -2.32. The summed E-state index contributed by atoms with van der Waals surface area (Å²) in [5.41, 5.74) is 8.79. The van der Waals surface area contributed by atoms with Gasteiger partial charge < -0.3 is 11.1 Å². The van der Waals surface area contributed by atoms with Gasteiger partial charge in [-0.2, -0.15) is 0 Å². The number of hydrogen-bond donors (Lipinski definition) is 2. The van der Waals surface area contributed by atoms with Crippen LogP contribution in [-0.4, -0.2) is 25.8 Å². The van der Waals surface area contributed by atoms with Gasteiger partial charge in [0, 0.05) is 35.4 Å². The van der Waals surface area contributed by atoms with Crippen molar-refractivity contribution in [2.45, 2.75) is 25.3 Å². The molecule has 130 valence electrons. The van der Waals surface area contributed by atoms with Crippen LogP contribution in [0.25, 0.3) is 11.4 Å². The van der Waals surface area contributed by atoms with E-state index >= 15 is 0 Å². The monoisotopic (exact) mass is 346 g/mol. The number of nitrogens with zero attached hydrogens (tertiary/aromatic N) is 4. The molecule has 1 amide bonds. The van der Waals surface area contributed by atoms with Crippen LogP contribution >= 0.6 is 0 Å². The summed E-state index contributed by atoms with van der Waals surface area (Å²) < 4.78 is 0. The molecular weight excluding hydrogens is 328 g/mol. The number of hydrogen-bond acceptors (Lipinski definition) is 6. The Morgan fingerprint density at radius 3 is 2.73 bits per heavy atom. The maximum atomic E-state index is 12.5. The van der Waals surface area contributed by atoms with Crippen molar-refractivity contribution >= 4 is 11.7 Å². The van der Waals surface area contributed by atoms with E-state index in [1.807, 2.05) is 36.5 Å². The number of nitrogens with one attached hydrogen (secondary N) is 1. The highest BCUT2D eigenvalue weighted by atomic mass is 16.2. The Bertz CT molecular complexity index is 944. The summed E-state index contributed by atoms with van der Waals surface area (Å²) >= 11 is 0. The number of benzene rings is 1. The van der Waals surface area contributed by atoms with E-state index in [9.17, 15) is 4.79 Å². The molecule has 0 saturated heterocycles. The first-order valence-corrected chi connectivity index (χ1v) is 8.51. The number of nitrogen functional groups attached to an aromatic ring is 1. The molecule has 0 spiro atoms. The van der Waals surface area contributed by atoms with Gasteiger partial charge in [0.15, 0.2) is 17.3 Å². The standard InChI is InChI=1S/C19H18N6O/c20-17-16(21-9-10-22-17)19(26)25-15-8-4-7-14-13(15)11-23-18(24-14)12-5-2-1-3-6-12/h1-3,5-6,9-11,15H,4,7-8H2,(H2,20,22)(H,25,26)/t15-/m0/s1. The quantitative estimate of drug-likeness (QED) is 0.754. The largest absolute Gasteiger partial charge is 0.382 e. The van der Waals surface area contributed by atoms with Crippen LogP contribution in [0.1, 0.15) is 40.6 Å². The predicted octanol–water partition coefficient (Wildman–Crippen LogP) is 2.32. The van der Waals surface area contributed by atoms with Gasteiger partial charge >= 0.3 is 0 Å². The van der Waals surface area contributed by atoms with Gasteiger partial charge in [-0.25, -0.2) is 19.9 Å². The predicted molar refractivity (Wildman–Crippen MR) is 97.1 cm³/mol. The van der Waals surface area contributed by atoms with E-state index in [1.54, 1.807) is 0 Å². The second-order valence-electron chi connectivity index (χ2n) is 6.17. The van der Waals surface area contributed by atoms with E-state index in [4.69, 9.17) is 10.7 Å². The zero-order valence-electron chi connectivity index (χ0n) is 14.1. The third-order valence-electron chi connectivity index (χ3n) is 4.46. The Morgan fingerprint density at radius 2 is 1.92 bits per heavy atom. The molecule has 1 aliphatic rings. The fourth-order valence-corrected chi connectivity index (χ4v) is 3.17. The first kappa shape index (κ1) is 16.1. The fourth-order valence-electron chi connectivity index (χ4n) is 3.17. The molecule has 0 bridgehead atoms. The summed E-state index contributed by atoms with van der Waals surface area (Å²) in [5, 5.41) is 2.99. The molecule has 4 rings (SSSR count). The third-order valence-corrected chi connectivity index (χ3v) is 4.46. The van der Waals surface area contributed by atoms with Crippen molar-refractivity contribution < 1.29 is 4.79 Å². The van der Waals surface area contributed by atoms with Crippen LogP contribution in [0.5, 0.6) is 0 Å². The van der Waals surface area contributed by atoms with Crippen LogP contribution in [0.4, 0.5) is 5.82 Å². The Balaban J connectivity index is 1.60. The van der Waals surface area contributed by atoms with Crippen LogP contribution < -0.4 is 11.1 Å². The maximum absolute atomic E-state index is 12.5. The third kappa shape index (κ3) is 3.11. The van der Waals surface area contributed by atoms with Crippen LogP contribution in [0.3, 0.4) is 0 Å². The van der Waals surface area contributed by atoms with Crippen molar-refractivity contribution in [1.82, 2.24) is 25.3 Å². The van der Waals surface area contributed by atoms with Gasteiger partial charge in [0.05, 0.1) is 6.04 Å². The molecule has 0 unspecified atom stereocenters. The number of anilines is 1. The highest BCUT2D eigenvalue weighted by Gasteiger charge is 2.25. The number of nitrogens with two attached hydrogens (primary N) is 1. The number of amides is 1. The number of aryl methyl sites for hydroxylation is 1. The number of carbonyl (C=O) groups excluding carboxylic acids is 1. The summed E-state index contributed by atoms with van der Waals surface area (Å²) in [6.45, 7) is 0. The molecule has 0 radical (unpaired) electrons. The zero-order valence-corrected chi connectivity index (χ0v) is 14.1. The van der Waals surface area contributed by atoms with E-state index in [0.717, 1.165) is 36.1 Å². The molecule has 3 N–H and O–H groups in total. The Labute approximate surface area is 150 Å². The first-order valence-electron chi connectivity index (χ1n) is 8.51. The van der Waals surface area contributed by atoms with Gasteiger partial charge in [0.1, 0.15) is 0 Å². The molecule has 3 aromatic rings. The Kier molecular flexibility index (Phi) is 4.27. The zero-order chi connectivity index (χ0) is 17.9. The number of aromatic nitrogens is 4. The van der Waals surface area contributed by atoms with Crippen LogP contribution in [0, 0.1) is 0 Å². The minimum absolute atomic E-state index is 0.122. The minimum Gasteiger partial charge on any atom is -0.382 e. The molecule has 0 aliphatic heterocycles. The molecule has 2 aromatic heterocycles. The molecular formula is C19H18N6O. The number of rotatable bonds is 3. The minimum atomic E-state index is -0.333. The van der Waals surface area contributed by atoms with E-state index < -0.39 is 0 Å². The van der Waals surface area contributed by atoms with Crippen molar-refractivity contribution in [1.29, 1.82) is 0 Å². The highest BCUT2D eigenvalue weighted by molar-refractivity contribution is 5.96. The molecule has 7 nitrogen and oxygen atoms in total. The fraction of sp³-hybridized carbons (Fsp3) is 0.211. The van der Waals surface area contributed by atoms with Crippen molar-refractivity contribution in [2.24, 2.45) is 0 Å². The lowest BCUT2D eigenvalue weighted by Gasteiger charge is -2.25. The Morgan fingerprint density at radius 1 is 1.12 bits per heavy atom. The molecule has 1 aromatic carbocycles. The molecule has 1 aliphatic carbocycles. The molecule has 1 atom stereocenters. The van der Waals surface area contributed by atoms with E-state index in [2.05, 4.69) is 20.3 Å². The summed E-state index contributed by atoms with van der Waals surface area (Å²) in [4.78, 5) is 29.6. The lowest BCUT2D eigenvalue weighted by atomic mass is 9.92. The average molecular weight is 346 g/mol. The second-order valence-corrected chi connectivity index (χ2v) is 6.17. The van der Waals surface area contributed by atoms with Gasteiger partial charge in [-0.05, 0) is 19.3 Å². The van der Waals surface area contributed by atoms with Crippen LogP contribution in [0.2, 0.25) is 0 Å². The summed E-state index contributed by atoms with van der Waals surface area (Å²) in [7, 11) is 0. The maximum Gasteiger partial charge on any atom is 0.274 e. The van der Waals surface area contributed by atoms with Crippen molar-refractivity contribution in [3.05, 3.63) is 65.9 Å². The normalized spacial score (nSPS) is 15.9. The Hall–Kier alpha value is -3.35. The summed E-state index contributed by atoms with van der Waals surface area (Å²) in [6.07, 6.45) is 7.37. The van der Waals surface area contributed by atoms with Gasteiger partial charge in [-0.1, -0.05) is 30.3 Å². The van der Waals surface area contributed by atoms with Crippen LogP contribution in [0.15, 0.2) is 48.9 Å². The summed E-state index contributed by atoms with van der Waals surface area (Å²) in [5.74, 6) is 0.492. The number of carbonyl (C=O) groups is 1. The van der Waals surface area contributed by atoms with Gasteiger partial charge in [0.2, 0.25) is 0 Å². The number of fused-ring (bicyclic) bond motifs is 1. The smallest absolute Gasteiger partial charge is 0.274 e. The van der Waals surface area contributed by atoms with E-state index in [0.29, 0.717) is 5.82 Å². The lowest BCUT2D eigenvalue weighted by molar-refractivity contribution is 0.0928. The second kappa shape index (κ2) is 6.87. The molecule has 7 heteroatoms.